The van der Waals surface area contributed by atoms with Gasteiger partial charge in [0.15, 0.2) is 17.7 Å². The van der Waals surface area contributed by atoms with Gasteiger partial charge in [0.2, 0.25) is 5.09 Å². The van der Waals surface area contributed by atoms with Gasteiger partial charge >= 0.3 is 0 Å². The summed E-state index contributed by atoms with van der Waals surface area (Å²) in [6.07, 6.45) is 1.30. The first kappa shape index (κ1) is 14.3. The number of amides is 1. The van der Waals surface area contributed by atoms with Crippen LogP contribution < -0.4 is 10.0 Å². The lowest BCUT2D eigenvalue weighted by Crippen LogP contribution is -2.18. The number of anilines is 1. The van der Waals surface area contributed by atoms with Crippen LogP contribution in [0.2, 0.25) is 0 Å². The van der Waals surface area contributed by atoms with Crippen LogP contribution in [0, 0.1) is 0 Å². The van der Waals surface area contributed by atoms with Crippen molar-refractivity contribution in [1.82, 2.24) is 9.71 Å². The van der Waals surface area contributed by atoms with Crippen molar-refractivity contribution in [3.8, 4) is 0 Å². The number of sulfonamides is 1. The Morgan fingerprint density at radius 2 is 2.05 bits per heavy atom. The van der Waals surface area contributed by atoms with Gasteiger partial charge in [0.25, 0.3) is 15.9 Å². The maximum Gasteiger partial charge on any atom is 0.291 e. The van der Waals surface area contributed by atoms with Gasteiger partial charge in [-0.25, -0.2) is 18.1 Å². The van der Waals surface area contributed by atoms with E-state index in [1.807, 2.05) is 0 Å². The summed E-state index contributed by atoms with van der Waals surface area (Å²) >= 11 is 0. The molecular formula is C13H11N3O5S. The molecule has 0 aliphatic carbocycles. The molecule has 9 heteroatoms. The summed E-state index contributed by atoms with van der Waals surface area (Å²) in [4.78, 5) is 16.0. The van der Waals surface area contributed by atoms with Crippen LogP contribution in [-0.4, -0.2) is 26.4 Å². The predicted octanol–water partition coefficient (Wildman–Crippen LogP) is 1.58. The highest BCUT2D eigenvalue weighted by Gasteiger charge is 2.19. The molecule has 2 heterocycles. The third-order valence-corrected chi connectivity index (χ3v) is 4.21. The van der Waals surface area contributed by atoms with E-state index in [0.29, 0.717) is 16.8 Å². The Morgan fingerprint density at radius 3 is 2.82 bits per heavy atom. The van der Waals surface area contributed by atoms with Gasteiger partial charge in [-0.2, -0.15) is 0 Å². The van der Waals surface area contributed by atoms with Gasteiger partial charge in [0.1, 0.15) is 5.52 Å². The van der Waals surface area contributed by atoms with E-state index in [-0.39, 0.29) is 10.9 Å². The zero-order chi connectivity index (χ0) is 15.7. The molecule has 22 heavy (non-hydrogen) atoms. The summed E-state index contributed by atoms with van der Waals surface area (Å²) in [6, 6.07) is 7.43. The van der Waals surface area contributed by atoms with E-state index >= 15 is 0 Å². The summed E-state index contributed by atoms with van der Waals surface area (Å²) in [7, 11) is -2.47. The van der Waals surface area contributed by atoms with Gasteiger partial charge in [0, 0.05) is 5.69 Å². The van der Waals surface area contributed by atoms with Gasteiger partial charge < -0.3 is 14.2 Å². The molecule has 0 bridgehead atoms. The van der Waals surface area contributed by atoms with Crippen molar-refractivity contribution >= 4 is 32.7 Å². The van der Waals surface area contributed by atoms with E-state index in [1.165, 1.54) is 25.6 Å². The molecule has 1 aromatic carbocycles. The van der Waals surface area contributed by atoms with Crippen LogP contribution in [-0.2, 0) is 10.0 Å². The second-order valence-electron chi connectivity index (χ2n) is 4.32. The lowest BCUT2D eigenvalue weighted by molar-refractivity contribution is 0.0991. The number of hydrogen-bond donors (Lipinski definition) is 2. The predicted molar refractivity (Wildman–Crippen MR) is 76.9 cm³/mol. The minimum absolute atomic E-state index is 0.117. The number of nitrogens with one attached hydrogen (secondary N) is 2. The summed E-state index contributed by atoms with van der Waals surface area (Å²) in [6.45, 7) is 0. The molecule has 0 atom stereocenters. The Balaban J connectivity index is 1.82. The van der Waals surface area contributed by atoms with E-state index in [9.17, 15) is 13.2 Å². The lowest BCUT2D eigenvalue weighted by Gasteiger charge is -2.02. The standard InChI is InChI=1S/C13H11N3O5S/c1-14-22(18,19)12-5-4-11(21-12)13(17)16-8-2-3-10-9(6-8)15-7-20-10/h2-7,14H,1H3,(H,16,17). The number of nitrogens with zero attached hydrogens (tertiary/aromatic N) is 1. The molecule has 0 radical (unpaired) electrons. The van der Waals surface area contributed by atoms with E-state index in [4.69, 9.17) is 8.83 Å². The second kappa shape index (κ2) is 5.28. The van der Waals surface area contributed by atoms with Crippen molar-refractivity contribution < 1.29 is 22.0 Å². The van der Waals surface area contributed by atoms with Crippen LogP contribution in [0.1, 0.15) is 10.6 Å². The number of carbonyl (C=O) groups excluding carboxylic acids is 1. The quantitative estimate of drug-likeness (QED) is 0.754. The van der Waals surface area contributed by atoms with Crippen molar-refractivity contribution in [2.75, 3.05) is 12.4 Å². The molecule has 0 aliphatic heterocycles. The Kier molecular flexibility index (Phi) is 3.43. The zero-order valence-electron chi connectivity index (χ0n) is 11.4. The van der Waals surface area contributed by atoms with Gasteiger partial charge in [-0.05, 0) is 37.4 Å². The average molecular weight is 321 g/mol. The summed E-state index contributed by atoms with van der Waals surface area (Å²) < 4.78 is 35.4. The van der Waals surface area contributed by atoms with Crippen molar-refractivity contribution in [3.05, 3.63) is 42.5 Å². The molecule has 1 amide bonds. The maximum absolute atomic E-state index is 12.1. The minimum atomic E-state index is -3.72. The van der Waals surface area contributed by atoms with E-state index in [2.05, 4.69) is 15.0 Å². The number of benzene rings is 1. The SMILES string of the molecule is CNS(=O)(=O)c1ccc(C(=O)Nc2ccc3ocnc3c2)o1. The molecule has 2 N–H and O–H groups in total. The van der Waals surface area contributed by atoms with E-state index in [1.54, 1.807) is 18.2 Å². The van der Waals surface area contributed by atoms with Crippen molar-refractivity contribution in [3.63, 3.8) is 0 Å². The van der Waals surface area contributed by atoms with E-state index in [0.717, 1.165) is 0 Å². The largest absolute Gasteiger partial charge is 0.443 e. The first-order valence-electron chi connectivity index (χ1n) is 6.17. The Morgan fingerprint density at radius 1 is 1.23 bits per heavy atom. The lowest BCUT2D eigenvalue weighted by atomic mass is 10.3. The molecule has 0 aliphatic rings. The van der Waals surface area contributed by atoms with Crippen LogP contribution in [0.5, 0.6) is 0 Å². The minimum Gasteiger partial charge on any atom is -0.443 e. The fourth-order valence-corrected chi connectivity index (χ4v) is 2.46. The van der Waals surface area contributed by atoms with Crippen LogP contribution >= 0.6 is 0 Å². The average Bonchev–Trinajstić information content (AvgIpc) is 3.16. The van der Waals surface area contributed by atoms with Gasteiger partial charge in [-0.1, -0.05) is 0 Å². The number of fused-ring (bicyclic) bond motifs is 1. The van der Waals surface area contributed by atoms with Crippen molar-refractivity contribution in [2.24, 2.45) is 0 Å². The Bertz CT molecular complexity index is 941. The Labute approximate surface area is 125 Å². The van der Waals surface area contributed by atoms with E-state index < -0.39 is 15.9 Å². The topological polar surface area (TPSA) is 114 Å². The zero-order valence-corrected chi connectivity index (χ0v) is 12.2. The number of carbonyl (C=O) groups is 1. The molecule has 0 saturated heterocycles. The Hall–Kier alpha value is -2.65. The van der Waals surface area contributed by atoms with Crippen LogP contribution in [0.4, 0.5) is 5.69 Å². The van der Waals surface area contributed by atoms with Crippen molar-refractivity contribution in [2.45, 2.75) is 5.09 Å². The number of furan rings is 1. The van der Waals surface area contributed by atoms with Gasteiger partial charge in [0.05, 0.1) is 0 Å². The van der Waals surface area contributed by atoms with Gasteiger partial charge in [-0.3, -0.25) is 4.79 Å². The fourth-order valence-electron chi connectivity index (χ4n) is 1.82. The maximum atomic E-state index is 12.1. The molecule has 114 valence electrons. The molecule has 2 aromatic heterocycles. The number of aromatic nitrogens is 1. The normalized spacial score (nSPS) is 11.7. The highest BCUT2D eigenvalue weighted by Crippen LogP contribution is 2.19. The number of rotatable bonds is 4. The molecule has 8 nitrogen and oxygen atoms in total. The van der Waals surface area contributed by atoms with Crippen molar-refractivity contribution in [1.29, 1.82) is 0 Å². The number of hydrogen-bond acceptors (Lipinski definition) is 6. The van der Waals surface area contributed by atoms with Crippen LogP contribution in [0.3, 0.4) is 0 Å². The van der Waals surface area contributed by atoms with Crippen LogP contribution in [0.15, 0.2) is 50.7 Å². The highest BCUT2D eigenvalue weighted by atomic mass is 32.2. The van der Waals surface area contributed by atoms with Gasteiger partial charge in [-0.15, -0.1) is 0 Å². The molecule has 3 aromatic rings. The monoisotopic (exact) mass is 321 g/mol. The first-order chi connectivity index (χ1) is 10.5. The molecular weight excluding hydrogens is 310 g/mol. The fraction of sp³-hybridized carbons (Fsp3) is 0.0769. The summed E-state index contributed by atoms with van der Waals surface area (Å²) in [5.74, 6) is -0.686. The second-order valence-corrected chi connectivity index (χ2v) is 6.13. The summed E-state index contributed by atoms with van der Waals surface area (Å²) in [5.41, 5.74) is 1.68. The third kappa shape index (κ3) is 2.59. The summed E-state index contributed by atoms with van der Waals surface area (Å²) in [5, 5.41) is 2.27. The smallest absolute Gasteiger partial charge is 0.291 e. The first-order valence-corrected chi connectivity index (χ1v) is 7.66. The third-order valence-electron chi connectivity index (χ3n) is 2.93. The molecule has 0 unspecified atom stereocenters. The highest BCUT2D eigenvalue weighted by molar-refractivity contribution is 7.89. The molecule has 0 fully saturated rings. The number of oxazole rings is 1. The molecule has 0 saturated carbocycles. The molecule has 0 spiro atoms. The van der Waals surface area contributed by atoms with Crippen LogP contribution in [0.25, 0.3) is 11.1 Å². The molecule has 3 rings (SSSR count).